The Labute approximate surface area is 290 Å². The number of hydrogen-bond acceptors (Lipinski definition) is 3. The van der Waals surface area contributed by atoms with E-state index in [0.717, 1.165) is 27.6 Å². The number of para-hydroxylation sites is 2. The zero-order chi connectivity index (χ0) is 33.1. The Morgan fingerprint density at radius 3 is 1.48 bits per heavy atom. The minimum atomic E-state index is -0.505. The van der Waals surface area contributed by atoms with Crippen molar-refractivity contribution in [1.29, 1.82) is 0 Å². The third kappa shape index (κ3) is 4.15. The summed E-state index contributed by atoms with van der Waals surface area (Å²) in [7, 11) is 0. The largest absolute Gasteiger partial charge is 0.309 e. The number of fused-ring (bicyclic) bond motifs is 5. The molecule has 234 valence electrons. The van der Waals surface area contributed by atoms with E-state index in [0.29, 0.717) is 17.5 Å². The van der Waals surface area contributed by atoms with Crippen LogP contribution in [0.25, 0.3) is 61.7 Å². The molecule has 0 atom stereocenters. The monoisotopic (exact) mass is 638 g/mol. The van der Waals surface area contributed by atoms with E-state index in [1.165, 1.54) is 38.8 Å². The van der Waals surface area contributed by atoms with Crippen LogP contribution in [0, 0.1) is 0 Å². The van der Waals surface area contributed by atoms with Crippen LogP contribution in [0.2, 0.25) is 0 Å². The molecule has 0 radical (unpaired) electrons. The Kier molecular flexibility index (Phi) is 6.36. The van der Waals surface area contributed by atoms with Gasteiger partial charge in [0.2, 0.25) is 0 Å². The summed E-state index contributed by atoms with van der Waals surface area (Å²) in [5.41, 5.74) is 10.9. The Morgan fingerprint density at radius 2 is 0.880 bits per heavy atom. The zero-order valence-electron chi connectivity index (χ0n) is 27.1. The van der Waals surface area contributed by atoms with Crippen molar-refractivity contribution in [3.63, 3.8) is 0 Å². The first-order valence-corrected chi connectivity index (χ1v) is 17.0. The Balaban J connectivity index is 1.27. The second kappa shape index (κ2) is 11.2. The molecule has 0 fully saturated rings. The molecule has 9 aromatic rings. The molecule has 0 spiro atoms. The highest BCUT2D eigenvalue weighted by molar-refractivity contribution is 6.13. The topological polar surface area (TPSA) is 43.6 Å². The van der Waals surface area contributed by atoms with Gasteiger partial charge in [-0.2, -0.15) is 0 Å². The second-order valence-electron chi connectivity index (χ2n) is 12.8. The molecule has 2 aromatic heterocycles. The highest BCUT2D eigenvalue weighted by Crippen LogP contribution is 2.54. The van der Waals surface area contributed by atoms with Crippen LogP contribution < -0.4 is 0 Å². The molecular weight excluding hydrogens is 609 g/mol. The number of aromatic nitrogens is 4. The lowest BCUT2D eigenvalue weighted by Gasteiger charge is -2.41. The van der Waals surface area contributed by atoms with Gasteiger partial charge in [-0.3, -0.25) is 0 Å². The Hall–Kier alpha value is -6.65. The van der Waals surface area contributed by atoms with Crippen LogP contribution in [0.4, 0.5) is 0 Å². The molecule has 3 heterocycles. The van der Waals surface area contributed by atoms with Gasteiger partial charge in [-0.05, 0) is 46.5 Å². The first kappa shape index (κ1) is 28.4. The average molecular weight is 639 g/mol. The first-order valence-electron chi connectivity index (χ1n) is 17.0. The normalized spacial score (nSPS) is 13.0. The molecule has 10 rings (SSSR count). The van der Waals surface area contributed by atoms with Crippen molar-refractivity contribution < 1.29 is 0 Å². The first-order chi connectivity index (χ1) is 24.8. The fraction of sp³-hybridized carbons (Fsp3) is 0.0217. The van der Waals surface area contributed by atoms with Crippen molar-refractivity contribution in [3.05, 3.63) is 204 Å². The van der Waals surface area contributed by atoms with E-state index in [1.807, 2.05) is 60.7 Å². The van der Waals surface area contributed by atoms with Crippen molar-refractivity contribution in [2.75, 3.05) is 0 Å². The molecule has 7 aromatic carbocycles. The van der Waals surface area contributed by atoms with Gasteiger partial charge in [0, 0.05) is 27.5 Å². The van der Waals surface area contributed by atoms with Gasteiger partial charge in [-0.25, -0.2) is 15.0 Å². The summed E-state index contributed by atoms with van der Waals surface area (Å²) in [4.78, 5) is 15.0. The average Bonchev–Trinajstić information content (AvgIpc) is 3.54. The third-order valence-corrected chi connectivity index (χ3v) is 10.1. The van der Waals surface area contributed by atoms with E-state index in [1.54, 1.807) is 0 Å². The van der Waals surface area contributed by atoms with E-state index in [4.69, 9.17) is 15.0 Å². The summed E-state index contributed by atoms with van der Waals surface area (Å²) in [6.45, 7) is 0. The van der Waals surface area contributed by atoms with Crippen molar-refractivity contribution in [3.8, 4) is 39.9 Å². The van der Waals surface area contributed by atoms with Crippen molar-refractivity contribution in [1.82, 2.24) is 19.5 Å². The van der Waals surface area contributed by atoms with E-state index in [2.05, 4.69) is 126 Å². The maximum atomic E-state index is 5.05. The molecule has 0 unspecified atom stereocenters. The lowest BCUT2D eigenvalue weighted by atomic mass is 9.63. The van der Waals surface area contributed by atoms with Crippen LogP contribution in [0.1, 0.15) is 22.3 Å². The van der Waals surface area contributed by atoms with Crippen LogP contribution in [0.5, 0.6) is 0 Å². The predicted molar refractivity (Wildman–Crippen MR) is 202 cm³/mol. The second-order valence-corrected chi connectivity index (χ2v) is 12.8. The summed E-state index contributed by atoms with van der Waals surface area (Å²) in [6, 6.07) is 64.5. The van der Waals surface area contributed by atoms with Crippen LogP contribution in [-0.4, -0.2) is 19.5 Å². The molecule has 0 saturated carbocycles. The van der Waals surface area contributed by atoms with Crippen LogP contribution >= 0.6 is 0 Å². The van der Waals surface area contributed by atoms with Gasteiger partial charge in [-0.15, -0.1) is 0 Å². The lowest BCUT2D eigenvalue weighted by molar-refractivity contribution is 0.728. The highest BCUT2D eigenvalue weighted by Gasteiger charge is 2.45. The maximum absolute atomic E-state index is 5.05. The van der Waals surface area contributed by atoms with Gasteiger partial charge in [0.05, 0.1) is 22.1 Å². The van der Waals surface area contributed by atoms with Gasteiger partial charge >= 0.3 is 0 Å². The summed E-state index contributed by atoms with van der Waals surface area (Å²) in [5.74, 6) is 1.96. The SMILES string of the molecule is c1ccc(-c2nc(-c3ccccc3)nc(-c3ccc4c(c3)c3cccc5c3n4-c3ccccc3C5(c3ccccc3)c3ccccc3)n2)cc1. The van der Waals surface area contributed by atoms with Crippen molar-refractivity contribution in [2.45, 2.75) is 5.41 Å². The third-order valence-electron chi connectivity index (χ3n) is 10.1. The van der Waals surface area contributed by atoms with Gasteiger partial charge in [-0.1, -0.05) is 158 Å². The Bertz CT molecular complexity index is 2590. The van der Waals surface area contributed by atoms with E-state index < -0.39 is 5.41 Å². The minimum Gasteiger partial charge on any atom is -0.309 e. The molecule has 4 heteroatoms. The summed E-state index contributed by atoms with van der Waals surface area (Å²) >= 11 is 0. The summed E-state index contributed by atoms with van der Waals surface area (Å²) < 4.78 is 2.46. The minimum absolute atomic E-state index is 0.505. The molecule has 0 aliphatic carbocycles. The molecular formula is C46H30N4. The Morgan fingerprint density at radius 1 is 0.380 bits per heavy atom. The zero-order valence-corrected chi connectivity index (χ0v) is 27.1. The molecule has 4 nitrogen and oxygen atoms in total. The van der Waals surface area contributed by atoms with Crippen molar-refractivity contribution >= 4 is 21.8 Å². The van der Waals surface area contributed by atoms with Gasteiger partial charge in [0.25, 0.3) is 0 Å². The molecule has 1 aliphatic rings. The fourth-order valence-corrected chi connectivity index (χ4v) is 7.99. The van der Waals surface area contributed by atoms with E-state index in [-0.39, 0.29) is 0 Å². The molecule has 0 saturated heterocycles. The number of benzene rings is 7. The number of nitrogens with zero attached hydrogens (tertiary/aromatic N) is 4. The molecule has 50 heavy (non-hydrogen) atoms. The van der Waals surface area contributed by atoms with E-state index >= 15 is 0 Å². The smallest absolute Gasteiger partial charge is 0.164 e. The number of rotatable bonds is 5. The molecule has 0 amide bonds. The molecule has 1 aliphatic heterocycles. The highest BCUT2D eigenvalue weighted by atomic mass is 15.0. The van der Waals surface area contributed by atoms with Gasteiger partial charge < -0.3 is 4.57 Å². The quantitative estimate of drug-likeness (QED) is 0.188. The lowest BCUT2D eigenvalue weighted by Crippen LogP contribution is -2.35. The van der Waals surface area contributed by atoms with Crippen LogP contribution in [0.15, 0.2) is 182 Å². The van der Waals surface area contributed by atoms with Gasteiger partial charge in [0.1, 0.15) is 0 Å². The maximum Gasteiger partial charge on any atom is 0.164 e. The predicted octanol–water partition coefficient (Wildman–Crippen LogP) is 10.7. The fourth-order valence-electron chi connectivity index (χ4n) is 7.99. The molecule has 0 bridgehead atoms. The van der Waals surface area contributed by atoms with Gasteiger partial charge in [0.15, 0.2) is 17.5 Å². The summed E-state index contributed by atoms with van der Waals surface area (Å²) in [6.07, 6.45) is 0. The number of hydrogen-bond donors (Lipinski definition) is 0. The van der Waals surface area contributed by atoms with Crippen LogP contribution in [0.3, 0.4) is 0 Å². The molecule has 0 N–H and O–H groups in total. The van der Waals surface area contributed by atoms with Crippen LogP contribution in [-0.2, 0) is 5.41 Å². The van der Waals surface area contributed by atoms with Crippen molar-refractivity contribution in [2.24, 2.45) is 0 Å². The standard InChI is InChI=1S/C46H30N4/c1-5-16-31(17-6-1)43-47-44(32-18-7-2-8-19-32)49-45(48-43)33-28-29-40-37(30-33)36-24-15-26-39-42(36)50(40)41-27-14-13-25-38(41)46(39,34-20-9-3-10-21-34)35-22-11-4-12-23-35/h1-30H. The summed E-state index contributed by atoms with van der Waals surface area (Å²) in [5, 5.41) is 2.36. The van der Waals surface area contributed by atoms with E-state index in [9.17, 15) is 0 Å².